The van der Waals surface area contributed by atoms with Crippen molar-refractivity contribution < 1.29 is 13.2 Å². The number of carbonyl (C=O) groups excluding carboxylic acids is 1. The lowest BCUT2D eigenvalue weighted by Gasteiger charge is -2.28. The molecule has 0 aliphatic carbocycles. The van der Waals surface area contributed by atoms with Crippen molar-refractivity contribution in [3.63, 3.8) is 0 Å². The first kappa shape index (κ1) is 25.5. The average Bonchev–Trinajstić information content (AvgIpc) is 2.80. The van der Waals surface area contributed by atoms with Gasteiger partial charge in [-0.2, -0.15) is 4.31 Å². The Morgan fingerprint density at radius 1 is 0.939 bits per heavy atom. The molecule has 0 aromatic heterocycles. The predicted octanol–water partition coefficient (Wildman–Crippen LogP) is 5.76. The van der Waals surface area contributed by atoms with Gasteiger partial charge < -0.3 is 5.32 Å². The van der Waals surface area contributed by atoms with Crippen molar-refractivity contribution in [3.05, 3.63) is 99.0 Å². The molecule has 9 heteroatoms. The standard InChI is InChI=1S/C24H23Cl3N2O3S/c1-17(19-5-3-2-4-6-19)29(33(31,32)23-15-21(26)11-12-22(23)27)16-24(30)28-14-13-18-7-9-20(25)10-8-18/h2-12,15,17H,13-14,16H2,1H3,(H,28,30)/t17-/m1/s1. The van der Waals surface area contributed by atoms with Crippen LogP contribution in [0.5, 0.6) is 0 Å². The molecule has 0 bridgehead atoms. The molecule has 1 amide bonds. The second kappa shape index (κ2) is 11.4. The van der Waals surface area contributed by atoms with Gasteiger partial charge >= 0.3 is 0 Å². The summed E-state index contributed by atoms with van der Waals surface area (Å²) in [5.74, 6) is -0.423. The van der Waals surface area contributed by atoms with E-state index < -0.39 is 22.0 Å². The monoisotopic (exact) mass is 524 g/mol. The van der Waals surface area contributed by atoms with Gasteiger partial charge in [0.1, 0.15) is 4.90 Å². The third kappa shape index (κ3) is 6.71. The molecule has 0 fully saturated rings. The Bertz CT molecular complexity index is 1200. The number of hydrogen-bond acceptors (Lipinski definition) is 3. The number of halogens is 3. The summed E-state index contributed by atoms with van der Waals surface area (Å²) in [7, 11) is -4.14. The quantitative estimate of drug-likeness (QED) is 0.386. The van der Waals surface area contributed by atoms with E-state index in [1.54, 1.807) is 19.1 Å². The van der Waals surface area contributed by atoms with Gasteiger partial charge in [-0.05, 0) is 54.8 Å². The number of nitrogens with zero attached hydrogens (tertiary/aromatic N) is 1. The van der Waals surface area contributed by atoms with Crippen molar-refractivity contribution in [1.82, 2.24) is 9.62 Å². The maximum absolute atomic E-state index is 13.6. The molecule has 1 atom stereocenters. The number of rotatable bonds is 9. The fourth-order valence-electron chi connectivity index (χ4n) is 3.32. The molecule has 3 aromatic rings. The molecule has 0 radical (unpaired) electrons. The molecule has 0 spiro atoms. The fraction of sp³-hybridized carbons (Fsp3) is 0.208. The lowest BCUT2D eigenvalue weighted by molar-refractivity contribution is -0.121. The highest BCUT2D eigenvalue weighted by molar-refractivity contribution is 7.89. The number of hydrogen-bond donors (Lipinski definition) is 1. The SMILES string of the molecule is C[C@H](c1ccccc1)N(CC(=O)NCCc1ccc(Cl)cc1)S(=O)(=O)c1cc(Cl)ccc1Cl. The molecule has 5 nitrogen and oxygen atoms in total. The van der Waals surface area contributed by atoms with Gasteiger partial charge in [-0.25, -0.2) is 8.42 Å². The number of carbonyl (C=O) groups is 1. The van der Waals surface area contributed by atoms with Gasteiger partial charge in [0, 0.05) is 22.6 Å². The molecule has 3 aromatic carbocycles. The Labute approximate surface area is 209 Å². The number of sulfonamides is 1. The first-order chi connectivity index (χ1) is 15.7. The molecule has 0 unspecified atom stereocenters. The number of amides is 1. The lowest BCUT2D eigenvalue weighted by Crippen LogP contribution is -2.42. The highest BCUT2D eigenvalue weighted by Crippen LogP contribution is 2.32. The van der Waals surface area contributed by atoms with Crippen LogP contribution >= 0.6 is 34.8 Å². The zero-order chi connectivity index (χ0) is 24.0. The molecule has 0 saturated carbocycles. The summed E-state index contributed by atoms with van der Waals surface area (Å²) >= 11 is 18.1. The van der Waals surface area contributed by atoms with Crippen LogP contribution in [0.3, 0.4) is 0 Å². The van der Waals surface area contributed by atoms with Crippen LogP contribution in [0.1, 0.15) is 24.1 Å². The van der Waals surface area contributed by atoms with Crippen molar-refractivity contribution in [2.24, 2.45) is 0 Å². The van der Waals surface area contributed by atoms with Crippen LogP contribution in [0.15, 0.2) is 77.7 Å². The lowest BCUT2D eigenvalue weighted by atomic mass is 10.1. The van der Waals surface area contributed by atoms with E-state index in [1.165, 1.54) is 18.2 Å². The topological polar surface area (TPSA) is 66.5 Å². The van der Waals surface area contributed by atoms with E-state index in [0.717, 1.165) is 15.4 Å². The molecule has 0 aliphatic heterocycles. The predicted molar refractivity (Wildman–Crippen MR) is 133 cm³/mol. The fourth-order valence-corrected chi connectivity index (χ4v) is 5.76. The molecule has 33 heavy (non-hydrogen) atoms. The zero-order valence-corrected chi connectivity index (χ0v) is 20.9. The summed E-state index contributed by atoms with van der Waals surface area (Å²) in [5.41, 5.74) is 1.75. The van der Waals surface area contributed by atoms with Crippen LogP contribution in [0.4, 0.5) is 0 Å². The summed E-state index contributed by atoms with van der Waals surface area (Å²) in [6.45, 7) is 1.71. The molecule has 0 saturated heterocycles. The molecule has 1 N–H and O–H groups in total. The van der Waals surface area contributed by atoms with Crippen molar-refractivity contribution in [1.29, 1.82) is 0 Å². The summed E-state index contributed by atoms with van der Waals surface area (Å²) in [6.07, 6.45) is 0.587. The molecular formula is C24H23Cl3N2O3S. The first-order valence-electron chi connectivity index (χ1n) is 10.2. The minimum Gasteiger partial charge on any atom is -0.355 e. The Morgan fingerprint density at radius 3 is 2.24 bits per heavy atom. The van der Waals surface area contributed by atoms with Gasteiger partial charge in [0.25, 0.3) is 0 Å². The Morgan fingerprint density at radius 2 is 1.58 bits per heavy atom. The van der Waals surface area contributed by atoms with E-state index in [2.05, 4.69) is 5.32 Å². The summed E-state index contributed by atoms with van der Waals surface area (Å²) in [6, 6.07) is 20.0. The van der Waals surface area contributed by atoms with Gasteiger partial charge in [-0.15, -0.1) is 0 Å². The van der Waals surface area contributed by atoms with Crippen molar-refractivity contribution in [3.8, 4) is 0 Å². The summed E-state index contributed by atoms with van der Waals surface area (Å²) in [5, 5.41) is 3.70. The molecule has 0 heterocycles. The third-order valence-corrected chi connectivity index (χ3v) is 8.03. The minimum absolute atomic E-state index is 0.0350. The van der Waals surface area contributed by atoms with E-state index in [4.69, 9.17) is 34.8 Å². The molecular weight excluding hydrogens is 503 g/mol. The molecule has 0 aliphatic rings. The maximum atomic E-state index is 13.6. The van der Waals surface area contributed by atoms with Gasteiger partial charge in [-0.1, -0.05) is 77.3 Å². The number of nitrogens with one attached hydrogen (secondary N) is 1. The van der Waals surface area contributed by atoms with Gasteiger partial charge in [-0.3, -0.25) is 4.79 Å². The van der Waals surface area contributed by atoms with Gasteiger partial charge in [0.15, 0.2) is 0 Å². The minimum atomic E-state index is -4.14. The second-order valence-corrected chi connectivity index (χ2v) is 10.6. The van der Waals surface area contributed by atoms with E-state index >= 15 is 0 Å². The molecule has 3 rings (SSSR count). The third-order valence-electron chi connectivity index (χ3n) is 5.14. The average molecular weight is 526 g/mol. The van der Waals surface area contributed by atoms with Crippen LogP contribution < -0.4 is 5.32 Å². The van der Waals surface area contributed by atoms with Crippen LogP contribution in [0.2, 0.25) is 15.1 Å². The van der Waals surface area contributed by atoms with E-state index in [1.807, 2.05) is 42.5 Å². The van der Waals surface area contributed by atoms with Crippen molar-refractivity contribution in [2.45, 2.75) is 24.3 Å². The van der Waals surface area contributed by atoms with Crippen LogP contribution in [-0.2, 0) is 21.2 Å². The smallest absolute Gasteiger partial charge is 0.245 e. The number of benzene rings is 3. The van der Waals surface area contributed by atoms with Gasteiger partial charge in [0.05, 0.1) is 11.6 Å². The summed E-state index contributed by atoms with van der Waals surface area (Å²) in [4.78, 5) is 12.6. The second-order valence-electron chi connectivity index (χ2n) is 7.44. The highest BCUT2D eigenvalue weighted by Gasteiger charge is 2.33. The Kier molecular flexibility index (Phi) is 8.79. The van der Waals surface area contributed by atoms with Gasteiger partial charge in [0.2, 0.25) is 15.9 Å². The summed E-state index contributed by atoms with van der Waals surface area (Å²) < 4.78 is 28.3. The van der Waals surface area contributed by atoms with E-state index in [0.29, 0.717) is 18.0 Å². The maximum Gasteiger partial charge on any atom is 0.245 e. The van der Waals surface area contributed by atoms with Crippen molar-refractivity contribution >= 4 is 50.7 Å². The van der Waals surface area contributed by atoms with Crippen LogP contribution in [0.25, 0.3) is 0 Å². The van der Waals surface area contributed by atoms with Crippen LogP contribution in [0, 0.1) is 0 Å². The Balaban J connectivity index is 1.81. The first-order valence-corrected chi connectivity index (χ1v) is 12.8. The van der Waals surface area contributed by atoms with Crippen LogP contribution in [-0.4, -0.2) is 31.7 Å². The molecule has 174 valence electrons. The highest BCUT2D eigenvalue weighted by atomic mass is 35.5. The zero-order valence-electron chi connectivity index (χ0n) is 17.8. The largest absolute Gasteiger partial charge is 0.355 e. The van der Waals surface area contributed by atoms with E-state index in [9.17, 15) is 13.2 Å². The Hall–Kier alpha value is -2.09. The van der Waals surface area contributed by atoms with E-state index in [-0.39, 0.29) is 21.5 Å². The normalized spacial score (nSPS) is 12.5. The van der Waals surface area contributed by atoms with Crippen molar-refractivity contribution in [2.75, 3.05) is 13.1 Å².